The molecule has 1 fully saturated rings. The van der Waals surface area contributed by atoms with Gasteiger partial charge in [-0.1, -0.05) is 6.07 Å². The fourth-order valence-corrected chi connectivity index (χ4v) is 3.19. The van der Waals surface area contributed by atoms with Crippen LogP contribution >= 0.6 is 0 Å². The summed E-state index contributed by atoms with van der Waals surface area (Å²) in [6.07, 6.45) is 0.229. The molecule has 0 aliphatic carbocycles. The molecule has 1 aliphatic heterocycles. The molecule has 28 heavy (non-hydrogen) atoms. The molecular weight excluding hydrogens is 368 g/mol. The van der Waals surface area contributed by atoms with Crippen LogP contribution in [0.5, 0.6) is 0 Å². The average molecular weight is 387 g/mol. The van der Waals surface area contributed by atoms with E-state index in [0.717, 1.165) is 18.2 Å². The van der Waals surface area contributed by atoms with Crippen LogP contribution < -0.4 is 15.5 Å². The minimum Gasteiger partial charge on any atom is -0.326 e. The summed E-state index contributed by atoms with van der Waals surface area (Å²) in [5, 5.41) is 5.37. The fraction of sp³-hybridized carbons (Fsp3) is 0.250. The number of hydrogen-bond donors (Lipinski definition) is 2. The number of rotatable bonds is 4. The number of hydrogen-bond acceptors (Lipinski definition) is 3. The maximum absolute atomic E-state index is 13.4. The number of nitrogens with zero attached hydrogens (tertiary/aromatic N) is 1. The summed E-state index contributed by atoms with van der Waals surface area (Å²) in [5.74, 6) is -3.81. The van der Waals surface area contributed by atoms with Crippen molar-refractivity contribution in [2.24, 2.45) is 5.92 Å². The largest absolute Gasteiger partial charge is 0.326 e. The molecule has 146 valence electrons. The van der Waals surface area contributed by atoms with E-state index in [4.69, 9.17) is 0 Å². The van der Waals surface area contributed by atoms with Gasteiger partial charge in [-0.25, -0.2) is 8.78 Å². The Hall–Kier alpha value is -3.29. The molecule has 3 amide bonds. The molecule has 0 radical (unpaired) electrons. The predicted molar refractivity (Wildman–Crippen MR) is 101 cm³/mol. The lowest BCUT2D eigenvalue weighted by atomic mass is 10.1. The monoisotopic (exact) mass is 387 g/mol. The standard InChI is InChI=1S/C20H19F2N3O3/c1-11-17(23-12(2)26)4-3-5-18(11)24-19(27)16-6-7-25(20(16)28)15-9-13(21)8-14(22)10-15/h3-5,8-10,16H,6-7H2,1-2H3,(H,23,26)(H,24,27). The van der Waals surface area contributed by atoms with E-state index in [1.807, 2.05) is 0 Å². The number of amides is 3. The zero-order valence-corrected chi connectivity index (χ0v) is 15.4. The molecule has 0 spiro atoms. The van der Waals surface area contributed by atoms with Crippen molar-refractivity contribution < 1.29 is 23.2 Å². The maximum Gasteiger partial charge on any atom is 0.239 e. The van der Waals surface area contributed by atoms with Crippen LogP contribution in [-0.2, 0) is 14.4 Å². The van der Waals surface area contributed by atoms with E-state index in [1.165, 1.54) is 11.8 Å². The first-order valence-corrected chi connectivity index (χ1v) is 8.72. The molecule has 0 aromatic heterocycles. The first-order valence-electron chi connectivity index (χ1n) is 8.72. The minimum absolute atomic E-state index is 0.0848. The molecule has 0 saturated carbocycles. The topological polar surface area (TPSA) is 78.5 Å². The normalized spacial score (nSPS) is 16.2. The zero-order valence-electron chi connectivity index (χ0n) is 15.4. The fourth-order valence-electron chi connectivity index (χ4n) is 3.19. The first-order chi connectivity index (χ1) is 13.3. The van der Waals surface area contributed by atoms with Gasteiger partial charge in [0.2, 0.25) is 17.7 Å². The molecule has 2 aromatic carbocycles. The van der Waals surface area contributed by atoms with Crippen LogP contribution in [0.2, 0.25) is 0 Å². The van der Waals surface area contributed by atoms with Crippen molar-refractivity contribution in [2.75, 3.05) is 22.1 Å². The molecule has 6 nitrogen and oxygen atoms in total. The first kappa shape index (κ1) is 19.5. The van der Waals surface area contributed by atoms with Gasteiger partial charge in [-0.2, -0.15) is 0 Å². The van der Waals surface area contributed by atoms with Gasteiger partial charge < -0.3 is 15.5 Å². The number of carbonyl (C=O) groups excluding carboxylic acids is 3. The van der Waals surface area contributed by atoms with Crippen molar-refractivity contribution >= 4 is 34.8 Å². The molecule has 2 N–H and O–H groups in total. The minimum atomic E-state index is -0.963. The Morgan fingerprint density at radius 3 is 2.29 bits per heavy atom. The van der Waals surface area contributed by atoms with E-state index in [9.17, 15) is 23.2 Å². The van der Waals surface area contributed by atoms with Gasteiger partial charge in [0, 0.05) is 36.6 Å². The molecule has 1 aliphatic rings. The van der Waals surface area contributed by atoms with Crippen LogP contribution in [0.25, 0.3) is 0 Å². The van der Waals surface area contributed by atoms with Crippen LogP contribution in [0.3, 0.4) is 0 Å². The van der Waals surface area contributed by atoms with Crippen molar-refractivity contribution in [3.63, 3.8) is 0 Å². The summed E-state index contributed by atoms with van der Waals surface area (Å²) < 4.78 is 26.9. The molecule has 1 unspecified atom stereocenters. The summed E-state index contributed by atoms with van der Waals surface area (Å²) in [5.41, 5.74) is 1.77. The van der Waals surface area contributed by atoms with Gasteiger partial charge in [0.05, 0.1) is 0 Å². The number of nitrogens with one attached hydrogen (secondary N) is 2. The van der Waals surface area contributed by atoms with Gasteiger partial charge in [0.25, 0.3) is 0 Å². The SMILES string of the molecule is CC(=O)Nc1cccc(NC(=O)C2CCN(c3cc(F)cc(F)c3)C2=O)c1C. The Morgan fingerprint density at radius 2 is 1.68 bits per heavy atom. The molecule has 2 aromatic rings. The molecule has 8 heteroatoms. The van der Waals surface area contributed by atoms with Crippen LogP contribution in [0.4, 0.5) is 25.8 Å². The number of anilines is 3. The lowest BCUT2D eigenvalue weighted by Gasteiger charge is -2.18. The van der Waals surface area contributed by atoms with Gasteiger partial charge in [0.1, 0.15) is 17.6 Å². The third-order valence-electron chi connectivity index (χ3n) is 4.58. The number of carbonyl (C=O) groups is 3. The van der Waals surface area contributed by atoms with E-state index in [-0.39, 0.29) is 24.6 Å². The van der Waals surface area contributed by atoms with Crippen LogP contribution in [0.15, 0.2) is 36.4 Å². The summed E-state index contributed by atoms with van der Waals surface area (Å²) in [6.45, 7) is 3.30. The van der Waals surface area contributed by atoms with Crippen molar-refractivity contribution in [3.8, 4) is 0 Å². The molecule has 1 saturated heterocycles. The second-order valence-corrected chi connectivity index (χ2v) is 6.61. The van der Waals surface area contributed by atoms with Crippen molar-refractivity contribution in [1.29, 1.82) is 0 Å². The molecule has 1 atom stereocenters. The van der Waals surface area contributed by atoms with Gasteiger partial charge in [0.15, 0.2) is 0 Å². The summed E-state index contributed by atoms with van der Waals surface area (Å²) in [4.78, 5) is 37.7. The van der Waals surface area contributed by atoms with Crippen LogP contribution in [0.1, 0.15) is 18.9 Å². The Morgan fingerprint density at radius 1 is 1.07 bits per heavy atom. The molecule has 3 rings (SSSR count). The quantitative estimate of drug-likeness (QED) is 0.791. The van der Waals surface area contributed by atoms with Crippen molar-refractivity contribution in [1.82, 2.24) is 0 Å². The lowest BCUT2D eigenvalue weighted by molar-refractivity contribution is -0.129. The third kappa shape index (κ3) is 4.00. The summed E-state index contributed by atoms with van der Waals surface area (Å²) in [7, 11) is 0. The average Bonchev–Trinajstić information content (AvgIpc) is 2.99. The van der Waals surface area contributed by atoms with E-state index in [0.29, 0.717) is 16.9 Å². The molecule has 1 heterocycles. The third-order valence-corrected chi connectivity index (χ3v) is 4.58. The predicted octanol–water partition coefficient (Wildman–Crippen LogP) is 3.22. The second kappa shape index (κ2) is 7.75. The van der Waals surface area contributed by atoms with Crippen LogP contribution in [0, 0.1) is 24.5 Å². The summed E-state index contributed by atoms with van der Waals surface area (Å²) in [6, 6.07) is 7.88. The van der Waals surface area contributed by atoms with Gasteiger partial charge >= 0.3 is 0 Å². The number of halogens is 2. The zero-order chi connectivity index (χ0) is 20.4. The van der Waals surface area contributed by atoms with E-state index in [1.54, 1.807) is 25.1 Å². The summed E-state index contributed by atoms with van der Waals surface area (Å²) >= 11 is 0. The van der Waals surface area contributed by atoms with Crippen LogP contribution in [-0.4, -0.2) is 24.3 Å². The molecular formula is C20H19F2N3O3. The maximum atomic E-state index is 13.4. The Bertz CT molecular complexity index is 941. The highest BCUT2D eigenvalue weighted by Crippen LogP contribution is 2.29. The van der Waals surface area contributed by atoms with Crippen molar-refractivity contribution in [3.05, 3.63) is 53.6 Å². The van der Waals surface area contributed by atoms with E-state index in [2.05, 4.69) is 10.6 Å². The Labute approximate surface area is 160 Å². The lowest BCUT2D eigenvalue weighted by Crippen LogP contribution is -2.33. The van der Waals surface area contributed by atoms with Crippen molar-refractivity contribution in [2.45, 2.75) is 20.3 Å². The van der Waals surface area contributed by atoms with E-state index >= 15 is 0 Å². The Kier molecular flexibility index (Phi) is 5.39. The van der Waals surface area contributed by atoms with E-state index < -0.39 is 29.4 Å². The van der Waals surface area contributed by atoms with Gasteiger partial charge in [-0.3, -0.25) is 14.4 Å². The van der Waals surface area contributed by atoms with Gasteiger partial charge in [-0.05, 0) is 43.2 Å². The second-order valence-electron chi connectivity index (χ2n) is 6.61. The van der Waals surface area contributed by atoms with Gasteiger partial charge in [-0.15, -0.1) is 0 Å². The Balaban J connectivity index is 1.76. The highest BCUT2D eigenvalue weighted by Gasteiger charge is 2.38. The highest BCUT2D eigenvalue weighted by molar-refractivity contribution is 6.13. The smallest absolute Gasteiger partial charge is 0.239 e. The number of benzene rings is 2. The molecule has 0 bridgehead atoms. The highest BCUT2D eigenvalue weighted by atomic mass is 19.1.